The van der Waals surface area contributed by atoms with Crippen molar-refractivity contribution in [1.29, 1.82) is 5.41 Å². The molecule has 2 heterocycles. The van der Waals surface area contributed by atoms with Crippen LogP contribution in [0.15, 0.2) is 36.8 Å². The van der Waals surface area contributed by atoms with Crippen molar-refractivity contribution in [3.63, 3.8) is 0 Å². The molecule has 4 rings (SSSR count). The minimum absolute atomic E-state index is 0.253. The normalized spacial score (nSPS) is 14.8. The Kier molecular flexibility index (Phi) is 4.90. The predicted molar refractivity (Wildman–Crippen MR) is 106 cm³/mol. The standard InChI is InChI=1S/C19H21N5OS/c20-11-26-19(21)12-5-6-16-14(7-12)15(8-23-16)17-9-22-10-18(24-17)25-13-3-1-2-4-13/h5-10,13,21,23H,1-4,11,20H2. The molecule has 1 saturated carbocycles. The van der Waals surface area contributed by atoms with E-state index in [1.165, 1.54) is 24.6 Å². The Bertz CT molecular complexity index is 933. The summed E-state index contributed by atoms with van der Waals surface area (Å²) in [6, 6.07) is 5.91. The van der Waals surface area contributed by atoms with E-state index in [1.807, 2.05) is 24.4 Å². The molecule has 26 heavy (non-hydrogen) atoms. The fourth-order valence-corrected chi connectivity index (χ4v) is 3.81. The van der Waals surface area contributed by atoms with Gasteiger partial charge in [-0.2, -0.15) is 0 Å². The topological polar surface area (TPSA) is 101 Å². The summed E-state index contributed by atoms with van der Waals surface area (Å²) in [5.74, 6) is 0.967. The van der Waals surface area contributed by atoms with Crippen LogP contribution in [0, 0.1) is 5.41 Å². The summed E-state index contributed by atoms with van der Waals surface area (Å²) in [7, 11) is 0. The molecule has 1 aliphatic carbocycles. The second kappa shape index (κ2) is 7.47. The van der Waals surface area contributed by atoms with E-state index >= 15 is 0 Å². The van der Waals surface area contributed by atoms with Gasteiger partial charge in [-0.1, -0.05) is 17.8 Å². The molecule has 0 atom stereocenters. The lowest BCUT2D eigenvalue weighted by atomic mass is 10.1. The SMILES string of the molecule is N=C(SCN)c1ccc2[nH]cc(-c3cncc(OC4CCCC4)n3)c2c1. The van der Waals surface area contributed by atoms with Gasteiger partial charge in [-0.15, -0.1) is 0 Å². The molecule has 1 aromatic carbocycles. The first-order valence-corrected chi connectivity index (χ1v) is 9.75. The number of thioether (sulfide) groups is 1. The number of nitrogens with zero attached hydrogens (tertiary/aromatic N) is 2. The fourth-order valence-electron chi connectivity index (χ4n) is 3.35. The van der Waals surface area contributed by atoms with Crippen LogP contribution in [0.1, 0.15) is 31.2 Å². The van der Waals surface area contributed by atoms with Crippen LogP contribution in [-0.2, 0) is 0 Å². The second-order valence-corrected chi connectivity index (χ2v) is 7.40. The van der Waals surface area contributed by atoms with Crippen molar-refractivity contribution < 1.29 is 4.74 Å². The average molecular weight is 367 g/mol. The van der Waals surface area contributed by atoms with Crippen molar-refractivity contribution >= 4 is 27.7 Å². The Labute approximate surface area is 156 Å². The van der Waals surface area contributed by atoms with E-state index in [1.54, 1.807) is 12.4 Å². The predicted octanol–water partition coefficient (Wildman–Crippen LogP) is 3.92. The molecule has 1 aliphatic rings. The van der Waals surface area contributed by atoms with E-state index in [9.17, 15) is 0 Å². The number of hydrogen-bond acceptors (Lipinski definition) is 6. The second-order valence-electron chi connectivity index (χ2n) is 6.37. The van der Waals surface area contributed by atoms with Gasteiger partial charge >= 0.3 is 0 Å². The van der Waals surface area contributed by atoms with Gasteiger partial charge in [0.15, 0.2) is 0 Å². The minimum atomic E-state index is 0.253. The molecule has 0 unspecified atom stereocenters. The summed E-state index contributed by atoms with van der Waals surface area (Å²) in [5, 5.41) is 9.59. The lowest BCUT2D eigenvalue weighted by Gasteiger charge is -2.12. The molecular formula is C19H21N5OS. The highest BCUT2D eigenvalue weighted by Gasteiger charge is 2.18. The highest BCUT2D eigenvalue weighted by Crippen LogP contribution is 2.30. The molecule has 0 amide bonds. The highest BCUT2D eigenvalue weighted by molar-refractivity contribution is 8.14. The lowest BCUT2D eigenvalue weighted by molar-refractivity contribution is 0.201. The highest BCUT2D eigenvalue weighted by atomic mass is 32.2. The molecule has 6 nitrogen and oxygen atoms in total. The Hall–Kier alpha value is -2.38. The zero-order valence-electron chi connectivity index (χ0n) is 14.4. The van der Waals surface area contributed by atoms with E-state index in [0.717, 1.165) is 40.6 Å². The molecule has 0 spiro atoms. The summed E-state index contributed by atoms with van der Waals surface area (Å²) in [6.45, 7) is 0. The van der Waals surface area contributed by atoms with E-state index in [-0.39, 0.29) is 6.10 Å². The van der Waals surface area contributed by atoms with Crippen LogP contribution in [0.4, 0.5) is 0 Å². The Morgan fingerprint density at radius 1 is 1.31 bits per heavy atom. The van der Waals surface area contributed by atoms with Crippen LogP contribution in [0.5, 0.6) is 5.88 Å². The number of ether oxygens (including phenoxy) is 1. The maximum absolute atomic E-state index is 8.12. The molecule has 4 N–H and O–H groups in total. The first-order valence-electron chi connectivity index (χ1n) is 8.76. The molecule has 134 valence electrons. The summed E-state index contributed by atoms with van der Waals surface area (Å²) >= 11 is 1.32. The minimum Gasteiger partial charge on any atom is -0.473 e. The Morgan fingerprint density at radius 2 is 2.15 bits per heavy atom. The van der Waals surface area contributed by atoms with Crippen LogP contribution in [0.2, 0.25) is 0 Å². The molecule has 3 aromatic rings. The monoisotopic (exact) mass is 367 g/mol. The van der Waals surface area contributed by atoms with Crippen molar-refractivity contribution in [2.45, 2.75) is 31.8 Å². The molecular weight excluding hydrogens is 346 g/mol. The Balaban J connectivity index is 1.67. The molecule has 0 saturated heterocycles. The van der Waals surface area contributed by atoms with Gasteiger partial charge in [0.25, 0.3) is 0 Å². The zero-order valence-corrected chi connectivity index (χ0v) is 15.2. The van der Waals surface area contributed by atoms with Crippen LogP contribution < -0.4 is 10.5 Å². The van der Waals surface area contributed by atoms with Crippen LogP contribution in [0.25, 0.3) is 22.2 Å². The maximum atomic E-state index is 8.12. The number of nitrogens with two attached hydrogens (primary N) is 1. The van der Waals surface area contributed by atoms with E-state index in [0.29, 0.717) is 16.8 Å². The molecule has 0 aliphatic heterocycles. The van der Waals surface area contributed by atoms with E-state index in [2.05, 4.69) is 15.0 Å². The lowest BCUT2D eigenvalue weighted by Crippen LogP contribution is -2.12. The number of hydrogen-bond donors (Lipinski definition) is 3. The first-order chi connectivity index (χ1) is 12.7. The number of H-pyrrole nitrogens is 1. The van der Waals surface area contributed by atoms with Gasteiger partial charge in [0.05, 0.1) is 23.1 Å². The Morgan fingerprint density at radius 3 is 2.96 bits per heavy atom. The summed E-state index contributed by atoms with van der Waals surface area (Å²) in [5.41, 5.74) is 9.11. The van der Waals surface area contributed by atoms with Crippen molar-refractivity contribution in [2.75, 3.05) is 5.88 Å². The maximum Gasteiger partial charge on any atom is 0.233 e. The number of aromatic amines is 1. The van der Waals surface area contributed by atoms with Crippen molar-refractivity contribution in [1.82, 2.24) is 15.0 Å². The van der Waals surface area contributed by atoms with Crippen LogP contribution in [-0.4, -0.2) is 32.0 Å². The molecule has 2 aromatic heterocycles. The summed E-state index contributed by atoms with van der Waals surface area (Å²) < 4.78 is 5.98. The molecule has 0 bridgehead atoms. The first kappa shape index (κ1) is 17.1. The van der Waals surface area contributed by atoms with Gasteiger partial charge in [-0.05, 0) is 37.8 Å². The average Bonchev–Trinajstić information content (AvgIpc) is 3.31. The quantitative estimate of drug-likeness (QED) is 0.360. The van der Waals surface area contributed by atoms with Crippen LogP contribution >= 0.6 is 11.8 Å². The van der Waals surface area contributed by atoms with E-state index in [4.69, 9.17) is 15.9 Å². The third kappa shape index (κ3) is 3.45. The number of benzene rings is 1. The third-order valence-corrected chi connectivity index (χ3v) is 5.34. The van der Waals surface area contributed by atoms with Crippen molar-refractivity contribution in [3.05, 3.63) is 42.4 Å². The molecule has 1 fully saturated rings. The van der Waals surface area contributed by atoms with Crippen molar-refractivity contribution in [3.8, 4) is 17.1 Å². The summed E-state index contributed by atoms with van der Waals surface area (Å²) in [4.78, 5) is 12.2. The van der Waals surface area contributed by atoms with E-state index < -0.39 is 0 Å². The van der Waals surface area contributed by atoms with Gasteiger partial charge in [0.2, 0.25) is 5.88 Å². The van der Waals surface area contributed by atoms with Gasteiger partial charge in [0.1, 0.15) is 6.10 Å². The smallest absolute Gasteiger partial charge is 0.233 e. The number of rotatable bonds is 5. The number of nitrogens with one attached hydrogen (secondary N) is 2. The van der Waals surface area contributed by atoms with Gasteiger partial charge in [-0.3, -0.25) is 10.4 Å². The van der Waals surface area contributed by atoms with Crippen molar-refractivity contribution in [2.24, 2.45) is 5.73 Å². The fraction of sp³-hybridized carbons (Fsp3) is 0.316. The van der Waals surface area contributed by atoms with Gasteiger partial charge in [-0.25, -0.2) is 4.98 Å². The third-order valence-electron chi connectivity index (χ3n) is 4.65. The summed E-state index contributed by atoms with van der Waals surface area (Å²) in [6.07, 6.45) is 10.2. The van der Waals surface area contributed by atoms with Gasteiger partial charge < -0.3 is 15.5 Å². The van der Waals surface area contributed by atoms with Gasteiger partial charge in [0, 0.05) is 34.1 Å². The largest absolute Gasteiger partial charge is 0.473 e. The number of aromatic nitrogens is 3. The molecule has 0 radical (unpaired) electrons. The van der Waals surface area contributed by atoms with Crippen LogP contribution in [0.3, 0.4) is 0 Å². The molecule has 7 heteroatoms. The zero-order chi connectivity index (χ0) is 17.9. The number of fused-ring (bicyclic) bond motifs is 1.